The number of rotatable bonds is 6. The molecule has 0 fully saturated rings. The van der Waals surface area contributed by atoms with E-state index >= 15 is 0 Å². The van der Waals surface area contributed by atoms with Gasteiger partial charge in [0.1, 0.15) is 17.1 Å². The van der Waals surface area contributed by atoms with E-state index in [2.05, 4.69) is 9.72 Å². The van der Waals surface area contributed by atoms with Crippen molar-refractivity contribution < 1.29 is 27.9 Å². The number of hydrogen-bond acceptors (Lipinski definition) is 5. The number of hydrogen-bond donors (Lipinski definition) is 2. The van der Waals surface area contributed by atoms with Crippen molar-refractivity contribution in [3.8, 4) is 0 Å². The van der Waals surface area contributed by atoms with Crippen LogP contribution in [0.25, 0.3) is 0 Å². The van der Waals surface area contributed by atoms with Crippen molar-refractivity contribution in [2.24, 2.45) is 0 Å². The number of aliphatic carboxylic acids is 1. The van der Waals surface area contributed by atoms with Crippen LogP contribution in [0.4, 0.5) is 0 Å². The van der Waals surface area contributed by atoms with Crippen LogP contribution in [0, 0.1) is 0 Å². The van der Waals surface area contributed by atoms with E-state index in [1.165, 1.54) is 7.11 Å². The molecular weight excluding hydrogens is 288 g/mol. The van der Waals surface area contributed by atoms with Gasteiger partial charge in [-0.25, -0.2) is 13.2 Å². The van der Waals surface area contributed by atoms with Gasteiger partial charge in [-0.05, 0) is 19.9 Å². The summed E-state index contributed by atoms with van der Waals surface area (Å²) in [5, 5.41) is 8.79. The number of nitrogens with one attached hydrogen (secondary N) is 1. The number of esters is 1. The molecule has 0 radical (unpaired) electrons. The first-order valence-electron chi connectivity index (χ1n) is 5.70. The SMILES string of the molecule is COC(=O)c1cc(S(=O)(=O)N(CC(=O)O)C(C)C)c[nH]1. The smallest absolute Gasteiger partial charge is 0.354 e. The van der Waals surface area contributed by atoms with Gasteiger partial charge in [-0.3, -0.25) is 4.79 Å². The number of sulfonamides is 1. The molecule has 112 valence electrons. The average molecular weight is 304 g/mol. The Balaban J connectivity index is 3.16. The van der Waals surface area contributed by atoms with Gasteiger partial charge in [0, 0.05) is 12.2 Å². The zero-order chi connectivity index (χ0) is 15.5. The molecule has 0 aliphatic rings. The Hall–Kier alpha value is -1.87. The van der Waals surface area contributed by atoms with Crippen LogP contribution in [0.5, 0.6) is 0 Å². The molecule has 20 heavy (non-hydrogen) atoms. The van der Waals surface area contributed by atoms with E-state index in [1.807, 2.05) is 0 Å². The van der Waals surface area contributed by atoms with E-state index in [0.717, 1.165) is 16.6 Å². The second kappa shape index (κ2) is 6.06. The zero-order valence-electron chi connectivity index (χ0n) is 11.3. The van der Waals surface area contributed by atoms with Crippen molar-refractivity contribution in [2.45, 2.75) is 24.8 Å². The van der Waals surface area contributed by atoms with Gasteiger partial charge in [0.2, 0.25) is 10.0 Å². The first-order chi connectivity index (χ1) is 9.20. The summed E-state index contributed by atoms with van der Waals surface area (Å²) in [6.07, 6.45) is 1.12. The number of carbonyl (C=O) groups is 2. The summed E-state index contributed by atoms with van der Waals surface area (Å²) in [6, 6.07) is 0.575. The van der Waals surface area contributed by atoms with Crippen molar-refractivity contribution >= 4 is 22.0 Å². The number of methoxy groups -OCH3 is 1. The molecule has 0 aliphatic heterocycles. The van der Waals surface area contributed by atoms with E-state index in [1.54, 1.807) is 13.8 Å². The molecule has 1 aromatic heterocycles. The largest absolute Gasteiger partial charge is 0.480 e. The van der Waals surface area contributed by atoms with Crippen LogP contribution in [-0.4, -0.2) is 54.4 Å². The molecule has 0 unspecified atom stereocenters. The fraction of sp³-hybridized carbons (Fsp3) is 0.455. The Morgan fingerprint density at radius 2 is 2.05 bits per heavy atom. The zero-order valence-corrected chi connectivity index (χ0v) is 12.1. The van der Waals surface area contributed by atoms with E-state index in [4.69, 9.17) is 5.11 Å². The molecule has 1 heterocycles. The van der Waals surface area contributed by atoms with Crippen LogP contribution in [0.15, 0.2) is 17.2 Å². The highest BCUT2D eigenvalue weighted by atomic mass is 32.2. The molecule has 1 rings (SSSR count). The molecule has 0 amide bonds. The number of aromatic amines is 1. The predicted molar refractivity (Wildman–Crippen MR) is 68.8 cm³/mol. The van der Waals surface area contributed by atoms with Crippen LogP contribution < -0.4 is 0 Å². The molecule has 9 heteroatoms. The summed E-state index contributed by atoms with van der Waals surface area (Å²) in [5.74, 6) is -1.97. The number of carboxylic acids is 1. The quantitative estimate of drug-likeness (QED) is 0.729. The molecule has 1 aromatic rings. The van der Waals surface area contributed by atoms with Gasteiger partial charge in [0.25, 0.3) is 0 Å². The molecule has 0 aliphatic carbocycles. The number of H-pyrrole nitrogens is 1. The Morgan fingerprint density at radius 1 is 1.45 bits per heavy atom. The summed E-state index contributed by atoms with van der Waals surface area (Å²) in [4.78, 5) is 24.3. The number of carboxylic acid groups (broad SMARTS) is 1. The monoisotopic (exact) mass is 304 g/mol. The minimum Gasteiger partial charge on any atom is -0.480 e. The van der Waals surface area contributed by atoms with Crippen LogP contribution in [-0.2, 0) is 19.6 Å². The first kappa shape index (κ1) is 16.2. The summed E-state index contributed by atoms with van der Waals surface area (Å²) < 4.78 is 29.9. The van der Waals surface area contributed by atoms with Crippen molar-refractivity contribution in [1.29, 1.82) is 0 Å². The molecule has 0 aromatic carbocycles. The third kappa shape index (κ3) is 3.36. The lowest BCUT2D eigenvalue weighted by molar-refractivity contribution is -0.137. The minimum absolute atomic E-state index is 0.0230. The van der Waals surface area contributed by atoms with Crippen molar-refractivity contribution in [2.75, 3.05) is 13.7 Å². The Kier molecular flexibility index (Phi) is 4.90. The Labute approximate surface area is 116 Å². The van der Waals surface area contributed by atoms with E-state index in [9.17, 15) is 18.0 Å². The van der Waals surface area contributed by atoms with E-state index in [0.29, 0.717) is 0 Å². The van der Waals surface area contributed by atoms with E-state index in [-0.39, 0.29) is 10.6 Å². The maximum absolute atomic E-state index is 12.3. The summed E-state index contributed by atoms with van der Waals surface area (Å²) >= 11 is 0. The number of nitrogens with zero attached hydrogens (tertiary/aromatic N) is 1. The van der Waals surface area contributed by atoms with Gasteiger partial charge in [-0.15, -0.1) is 0 Å². The molecule has 2 N–H and O–H groups in total. The van der Waals surface area contributed by atoms with Crippen LogP contribution in [0.2, 0.25) is 0 Å². The van der Waals surface area contributed by atoms with Crippen LogP contribution in [0.3, 0.4) is 0 Å². The maximum Gasteiger partial charge on any atom is 0.354 e. The topological polar surface area (TPSA) is 117 Å². The third-order valence-electron chi connectivity index (χ3n) is 2.54. The highest BCUT2D eigenvalue weighted by molar-refractivity contribution is 7.89. The normalized spacial score (nSPS) is 11.8. The summed E-state index contributed by atoms with van der Waals surface area (Å²) in [5.41, 5.74) is -0.0230. The molecular formula is C11H16N2O6S. The minimum atomic E-state index is -4.00. The van der Waals surface area contributed by atoms with Crippen molar-refractivity contribution in [3.63, 3.8) is 0 Å². The fourth-order valence-corrected chi connectivity index (χ4v) is 3.15. The van der Waals surface area contributed by atoms with E-state index < -0.39 is 34.5 Å². The average Bonchev–Trinajstić information content (AvgIpc) is 2.84. The molecule has 0 atom stereocenters. The lowest BCUT2D eigenvalue weighted by atomic mass is 10.4. The fourth-order valence-electron chi connectivity index (χ4n) is 1.57. The number of aromatic nitrogens is 1. The lowest BCUT2D eigenvalue weighted by Gasteiger charge is -2.23. The molecule has 0 saturated heterocycles. The third-order valence-corrected chi connectivity index (χ3v) is 4.54. The van der Waals surface area contributed by atoms with Gasteiger partial charge >= 0.3 is 11.9 Å². The first-order valence-corrected chi connectivity index (χ1v) is 7.14. The molecule has 8 nitrogen and oxygen atoms in total. The lowest BCUT2D eigenvalue weighted by Crippen LogP contribution is -2.40. The van der Waals surface area contributed by atoms with Crippen molar-refractivity contribution in [3.05, 3.63) is 18.0 Å². The second-order valence-corrected chi connectivity index (χ2v) is 6.17. The number of carbonyl (C=O) groups excluding carboxylic acids is 1. The Bertz CT molecular complexity index is 604. The highest BCUT2D eigenvalue weighted by Crippen LogP contribution is 2.19. The molecule has 0 bridgehead atoms. The summed E-state index contributed by atoms with van der Waals surface area (Å²) in [6.45, 7) is 2.47. The second-order valence-electron chi connectivity index (χ2n) is 4.28. The highest BCUT2D eigenvalue weighted by Gasteiger charge is 2.30. The van der Waals surface area contributed by atoms with Gasteiger partial charge in [-0.1, -0.05) is 0 Å². The maximum atomic E-state index is 12.3. The van der Waals surface area contributed by atoms with Crippen LogP contribution >= 0.6 is 0 Å². The van der Waals surface area contributed by atoms with Gasteiger partial charge in [-0.2, -0.15) is 4.31 Å². The summed E-state index contributed by atoms with van der Waals surface area (Å²) in [7, 11) is -2.83. The van der Waals surface area contributed by atoms with Crippen molar-refractivity contribution in [1.82, 2.24) is 9.29 Å². The standard InChI is InChI=1S/C11H16N2O6S/c1-7(2)13(6-10(14)15)20(17,18)8-4-9(12-5-8)11(16)19-3/h4-5,7,12H,6H2,1-3H3,(H,14,15). The number of ether oxygens (including phenoxy) is 1. The molecule has 0 spiro atoms. The van der Waals surface area contributed by atoms with Gasteiger partial charge in [0.05, 0.1) is 7.11 Å². The van der Waals surface area contributed by atoms with Gasteiger partial charge < -0.3 is 14.8 Å². The Morgan fingerprint density at radius 3 is 2.50 bits per heavy atom. The van der Waals surface area contributed by atoms with Gasteiger partial charge in [0.15, 0.2) is 0 Å². The van der Waals surface area contributed by atoms with Crippen LogP contribution in [0.1, 0.15) is 24.3 Å². The predicted octanol–water partition coefficient (Wildman–Crippen LogP) is 0.285. The molecule has 0 saturated carbocycles.